The molecule has 0 atom stereocenters. The van der Waals surface area contributed by atoms with Crippen molar-refractivity contribution in [3.8, 4) is 0 Å². The number of sulfonamides is 1. The van der Waals surface area contributed by atoms with Crippen molar-refractivity contribution in [3.05, 3.63) is 45.4 Å². The van der Waals surface area contributed by atoms with E-state index < -0.39 is 10.0 Å². The van der Waals surface area contributed by atoms with Crippen LogP contribution in [0.25, 0.3) is 0 Å². The molecule has 0 bridgehead atoms. The van der Waals surface area contributed by atoms with E-state index in [0.717, 1.165) is 21.8 Å². The number of aliphatic imine (C=N–C) groups is 1. The lowest BCUT2D eigenvalue weighted by Gasteiger charge is -2.21. The summed E-state index contributed by atoms with van der Waals surface area (Å²) in [7, 11) is 0.0845. The molecule has 0 saturated carbocycles. The molecule has 0 unspecified atom stereocenters. The van der Waals surface area contributed by atoms with Crippen LogP contribution in [0.15, 0.2) is 33.5 Å². The van der Waals surface area contributed by atoms with E-state index in [1.165, 1.54) is 0 Å². The lowest BCUT2D eigenvalue weighted by molar-refractivity contribution is 0.471. The first-order chi connectivity index (χ1) is 12.7. The van der Waals surface area contributed by atoms with E-state index >= 15 is 0 Å². The van der Waals surface area contributed by atoms with Crippen molar-refractivity contribution >= 4 is 27.3 Å². The van der Waals surface area contributed by atoms with E-state index in [1.54, 1.807) is 31.4 Å². The lowest BCUT2D eigenvalue weighted by Crippen LogP contribution is -2.42. The molecular weight excluding hydrogens is 382 g/mol. The Morgan fingerprint density at radius 3 is 2.63 bits per heavy atom. The highest BCUT2D eigenvalue weighted by Crippen LogP contribution is 2.16. The van der Waals surface area contributed by atoms with E-state index in [2.05, 4.69) is 20.0 Å². The second-order valence-corrected chi connectivity index (χ2v) is 9.15. The first-order valence-corrected chi connectivity index (χ1v) is 11.0. The highest BCUT2D eigenvalue weighted by atomic mass is 32.2. The van der Waals surface area contributed by atoms with Crippen LogP contribution >= 0.6 is 11.3 Å². The fraction of sp³-hybridized carbons (Fsp3) is 0.444. The highest BCUT2D eigenvalue weighted by molar-refractivity contribution is 7.89. The minimum absolute atomic E-state index is 0.262. The van der Waals surface area contributed by atoms with Crippen LogP contribution in [0, 0.1) is 20.8 Å². The van der Waals surface area contributed by atoms with Crippen molar-refractivity contribution in [2.45, 2.75) is 32.2 Å². The molecule has 0 aliphatic heterocycles. The Morgan fingerprint density at radius 2 is 2.00 bits per heavy atom. The third kappa shape index (κ3) is 6.02. The summed E-state index contributed by atoms with van der Waals surface area (Å²) in [5.41, 5.74) is 2.63. The Labute approximate surface area is 165 Å². The molecule has 2 N–H and O–H groups in total. The predicted octanol–water partition coefficient (Wildman–Crippen LogP) is 2.05. The molecule has 1 heterocycles. The number of thiazole rings is 1. The quantitative estimate of drug-likeness (QED) is 0.415. The van der Waals surface area contributed by atoms with Gasteiger partial charge in [0, 0.05) is 32.6 Å². The molecule has 0 saturated heterocycles. The van der Waals surface area contributed by atoms with Gasteiger partial charge < -0.3 is 10.2 Å². The van der Waals surface area contributed by atoms with Crippen LogP contribution in [0.4, 0.5) is 0 Å². The molecule has 9 heteroatoms. The van der Waals surface area contributed by atoms with Gasteiger partial charge in [-0.2, -0.15) is 0 Å². The summed E-state index contributed by atoms with van der Waals surface area (Å²) >= 11 is 1.62. The monoisotopic (exact) mass is 409 g/mol. The largest absolute Gasteiger partial charge is 0.355 e. The third-order valence-electron chi connectivity index (χ3n) is 3.97. The molecule has 0 spiro atoms. The SMILES string of the molecule is CN=C(NCCNS(=O)(=O)c1cc(C)ccc1C)N(C)Cc1csc(C)n1. The standard InChI is InChI=1S/C18H27N5O2S2/c1-13-6-7-14(2)17(10-13)27(24,25)21-9-8-20-18(19-4)23(5)11-16-12-26-15(3)22-16/h6-7,10,12,21H,8-9,11H2,1-5H3,(H,19,20). The maximum Gasteiger partial charge on any atom is 0.240 e. The molecule has 148 valence electrons. The maximum absolute atomic E-state index is 12.5. The van der Waals surface area contributed by atoms with Crippen LogP contribution in [0.3, 0.4) is 0 Å². The van der Waals surface area contributed by atoms with Crippen molar-refractivity contribution in [3.63, 3.8) is 0 Å². The predicted molar refractivity (Wildman–Crippen MR) is 111 cm³/mol. The zero-order chi connectivity index (χ0) is 20.0. The molecule has 0 aliphatic rings. The molecule has 0 fully saturated rings. The van der Waals surface area contributed by atoms with E-state index in [9.17, 15) is 8.42 Å². The zero-order valence-electron chi connectivity index (χ0n) is 16.4. The third-order valence-corrected chi connectivity index (χ3v) is 6.40. The minimum Gasteiger partial charge on any atom is -0.355 e. The number of guanidine groups is 1. The number of rotatable bonds is 7. The number of aromatic nitrogens is 1. The van der Waals surface area contributed by atoms with Crippen molar-refractivity contribution in [1.29, 1.82) is 0 Å². The van der Waals surface area contributed by atoms with E-state index in [4.69, 9.17) is 0 Å². The van der Waals surface area contributed by atoms with E-state index in [1.807, 2.05) is 43.3 Å². The van der Waals surface area contributed by atoms with Crippen LogP contribution < -0.4 is 10.0 Å². The fourth-order valence-electron chi connectivity index (χ4n) is 2.62. The second-order valence-electron chi connectivity index (χ2n) is 6.35. The number of nitrogens with zero attached hydrogens (tertiary/aromatic N) is 3. The van der Waals surface area contributed by atoms with Gasteiger partial charge in [-0.1, -0.05) is 12.1 Å². The average Bonchev–Trinajstić information content (AvgIpc) is 3.01. The first kappa shape index (κ1) is 21.3. The smallest absolute Gasteiger partial charge is 0.240 e. The van der Waals surface area contributed by atoms with E-state index in [0.29, 0.717) is 23.9 Å². The van der Waals surface area contributed by atoms with Crippen molar-refractivity contribution < 1.29 is 8.42 Å². The molecule has 0 aliphatic carbocycles. The van der Waals surface area contributed by atoms with Gasteiger partial charge in [0.25, 0.3) is 0 Å². The molecule has 7 nitrogen and oxygen atoms in total. The Morgan fingerprint density at radius 1 is 1.26 bits per heavy atom. The Kier molecular flexibility index (Phi) is 7.34. The summed E-state index contributed by atoms with van der Waals surface area (Å²) in [6, 6.07) is 5.41. The van der Waals surface area contributed by atoms with Crippen molar-refractivity contribution in [1.82, 2.24) is 19.9 Å². The van der Waals surface area contributed by atoms with Crippen molar-refractivity contribution in [2.75, 3.05) is 27.2 Å². The van der Waals surface area contributed by atoms with Crippen LogP contribution in [0.2, 0.25) is 0 Å². The molecule has 0 radical (unpaired) electrons. The molecule has 2 aromatic rings. The van der Waals surface area contributed by atoms with Gasteiger partial charge in [-0.3, -0.25) is 4.99 Å². The van der Waals surface area contributed by atoms with E-state index in [-0.39, 0.29) is 6.54 Å². The molecule has 2 rings (SSSR count). The van der Waals surface area contributed by atoms with Crippen LogP contribution in [-0.4, -0.2) is 51.4 Å². The summed E-state index contributed by atoms with van der Waals surface area (Å²) < 4.78 is 27.7. The molecule has 1 aromatic heterocycles. The van der Waals surface area contributed by atoms with Gasteiger partial charge in [0.15, 0.2) is 5.96 Å². The van der Waals surface area contributed by atoms with Gasteiger partial charge in [-0.15, -0.1) is 11.3 Å². The summed E-state index contributed by atoms with van der Waals surface area (Å²) in [4.78, 5) is 11.0. The number of benzene rings is 1. The Bertz CT molecular complexity index is 906. The van der Waals surface area contributed by atoms with Crippen LogP contribution in [0.5, 0.6) is 0 Å². The first-order valence-electron chi connectivity index (χ1n) is 8.62. The van der Waals surface area contributed by atoms with Gasteiger partial charge in [-0.05, 0) is 38.0 Å². The van der Waals surface area contributed by atoms with Crippen LogP contribution in [-0.2, 0) is 16.6 Å². The van der Waals surface area contributed by atoms with Gasteiger partial charge in [-0.25, -0.2) is 18.1 Å². The van der Waals surface area contributed by atoms with Gasteiger partial charge in [0.2, 0.25) is 10.0 Å². The number of aryl methyl sites for hydroxylation is 3. The summed E-state index contributed by atoms with van der Waals surface area (Å²) in [6.45, 7) is 6.98. The number of nitrogens with one attached hydrogen (secondary N) is 2. The average molecular weight is 410 g/mol. The highest BCUT2D eigenvalue weighted by Gasteiger charge is 2.16. The number of hydrogen-bond donors (Lipinski definition) is 2. The second kappa shape index (κ2) is 9.29. The van der Waals surface area contributed by atoms with Gasteiger partial charge in [0.1, 0.15) is 0 Å². The van der Waals surface area contributed by atoms with Crippen LogP contribution in [0.1, 0.15) is 21.8 Å². The molecular formula is C18H27N5O2S2. The topological polar surface area (TPSA) is 86.7 Å². The maximum atomic E-state index is 12.5. The molecule has 27 heavy (non-hydrogen) atoms. The lowest BCUT2D eigenvalue weighted by atomic mass is 10.2. The summed E-state index contributed by atoms with van der Waals surface area (Å²) in [6.07, 6.45) is 0. The minimum atomic E-state index is -3.54. The van der Waals surface area contributed by atoms with Gasteiger partial charge >= 0.3 is 0 Å². The molecule has 1 aromatic carbocycles. The normalized spacial score (nSPS) is 12.3. The van der Waals surface area contributed by atoms with Gasteiger partial charge in [0.05, 0.1) is 22.1 Å². The molecule has 0 amide bonds. The zero-order valence-corrected chi connectivity index (χ0v) is 18.0. The Hall–Kier alpha value is -1.97. The fourth-order valence-corrected chi connectivity index (χ4v) is 4.58. The summed E-state index contributed by atoms with van der Waals surface area (Å²) in [5, 5.41) is 6.23. The number of hydrogen-bond acceptors (Lipinski definition) is 5. The van der Waals surface area contributed by atoms with Crippen molar-refractivity contribution in [2.24, 2.45) is 4.99 Å². The summed E-state index contributed by atoms with van der Waals surface area (Å²) in [5.74, 6) is 0.687. The Balaban J connectivity index is 1.88.